The minimum Gasteiger partial charge on any atom is -0.364 e. The molecule has 1 aromatic carbocycles. The van der Waals surface area contributed by atoms with Gasteiger partial charge >= 0.3 is 0 Å². The highest BCUT2D eigenvalue weighted by atomic mass is 16.5. The van der Waals surface area contributed by atoms with E-state index < -0.39 is 0 Å². The monoisotopic (exact) mass is 216 g/mol. The maximum absolute atomic E-state index is 11.6. The molecule has 0 aliphatic carbocycles. The molecule has 1 N–H and O–H groups in total. The van der Waals surface area contributed by atoms with Crippen molar-refractivity contribution in [3.63, 3.8) is 0 Å². The van der Waals surface area contributed by atoms with Crippen molar-refractivity contribution < 1.29 is 9.32 Å². The van der Waals surface area contributed by atoms with Gasteiger partial charge in [0.2, 0.25) is 0 Å². The Kier molecular flexibility index (Phi) is 2.72. The van der Waals surface area contributed by atoms with Crippen molar-refractivity contribution in [3.05, 3.63) is 47.3 Å². The molecule has 1 heterocycles. The zero-order valence-electron chi connectivity index (χ0n) is 9.15. The summed E-state index contributed by atoms with van der Waals surface area (Å²) in [5, 5.41) is 6.32. The second-order valence-electron chi connectivity index (χ2n) is 3.64. The molecular weight excluding hydrogens is 204 g/mol. The Hall–Kier alpha value is -2.10. The molecular formula is C12H12N2O2. The molecule has 82 valence electrons. The molecule has 4 heteroatoms. The normalized spacial score (nSPS) is 10.1. The van der Waals surface area contributed by atoms with Crippen LogP contribution in [0, 0.1) is 13.8 Å². The lowest BCUT2D eigenvalue weighted by Crippen LogP contribution is -2.12. The first-order valence-electron chi connectivity index (χ1n) is 4.96. The number of aryl methyl sites for hydroxylation is 2. The number of aromatic nitrogens is 1. The number of hydrogen-bond donors (Lipinski definition) is 1. The van der Waals surface area contributed by atoms with Crippen LogP contribution in [0.1, 0.15) is 21.6 Å². The van der Waals surface area contributed by atoms with Gasteiger partial charge in [-0.3, -0.25) is 4.79 Å². The molecule has 0 spiro atoms. The lowest BCUT2D eigenvalue weighted by atomic mass is 10.1. The summed E-state index contributed by atoms with van der Waals surface area (Å²) < 4.78 is 4.61. The molecule has 4 nitrogen and oxygen atoms in total. The number of nitrogens with zero attached hydrogens (tertiary/aromatic N) is 1. The van der Waals surface area contributed by atoms with Crippen molar-refractivity contribution in [2.45, 2.75) is 13.8 Å². The number of hydrogen-bond acceptors (Lipinski definition) is 3. The van der Waals surface area contributed by atoms with Crippen LogP contribution in [-0.4, -0.2) is 11.1 Å². The van der Waals surface area contributed by atoms with E-state index in [1.54, 1.807) is 0 Å². The molecule has 0 fully saturated rings. The molecule has 2 rings (SSSR count). The highest BCUT2D eigenvalue weighted by Gasteiger charge is 2.09. The van der Waals surface area contributed by atoms with E-state index in [9.17, 15) is 4.79 Å². The lowest BCUT2D eigenvalue weighted by molar-refractivity contribution is 0.101. The van der Waals surface area contributed by atoms with Crippen molar-refractivity contribution in [2.24, 2.45) is 0 Å². The van der Waals surface area contributed by atoms with E-state index in [1.165, 1.54) is 17.9 Å². The summed E-state index contributed by atoms with van der Waals surface area (Å²) in [6.07, 6.45) is 1.37. The van der Waals surface area contributed by atoms with Crippen LogP contribution in [0.15, 0.2) is 35.1 Å². The van der Waals surface area contributed by atoms with Crippen LogP contribution in [0.3, 0.4) is 0 Å². The van der Waals surface area contributed by atoms with Gasteiger partial charge in [0.25, 0.3) is 5.91 Å². The molecule has 1 aromatic heterocycles. The van der Waals surface area contributed by atoms with E-state index in [4.69, 9.17) is 0 Å². The van der Waals surface area contributed by atoms with Crippen LogP contribution in [-0.2, 0) is 0 Å². The molecule has 0 unspecified atom stereocenters. The Bertz CT molecular complexity index is 504. The van der Waals surface area contributed by atoms with Gasteiger partial charge in [0, 0.05) is 11.8 Å². The van der Waals surface area contributed by atoms with Gasteiger partial charge in [0.15, 0.2) is 5.69 Å². The molecule has 2 aromatic rings. The molecule has 0 saturated carbocycles. The fraction of sp³-hybridized carbons (Fsp3) is 0.167. The third-order valence-corrected chi connectivity index (χ3v) is 2.44. The average Bonchev–Trinajstić information content (AvgIpc) is 2.77. The van der Waals surface area contributed by atoms with Crippen LogP contribution in [0.25, 0.3) is 0 Å². The lowest BCUT2D eigenvalue weighted by Gasteiger charge is -2.05. The molecule has 0 atom stereocenters. The number of amides is 1. The Balaban J connectivity index is 2.15. The minimum absolute atomic E-state index is 0.267. The molecule has 0 radical (unpaired) electrons. The number of benzene rings is 1. The highest BCUT2D eigenvalue weighted by molar-refractivity contribution is 6.02. The maximum atomic E-state index is 11.6. The second kappa shape index (κ2) is 4.18. The quantitative estimate of drug-likeness (QED) is 0.839. The largest absolute Gasteiger partial charge is 0.364 e. The predicted molar refractivity (Wildman–Crippen MR) is 60.4 cm³/mol. The highest BCUT2D eigenvalue weighted by Crippen LogP contribution is 2.14. The summed E-state index contributed by atoms with van der Waals surface area (Å²) in [6.45, 7) is 4.03. The van der Waals surface area contributed by atoms with Crippen molar-refractivity contribution in [1.82, 2.24) is 5.16 Å². The smallest absolute Gasteiger partial charge is 0.277 e. The summed E-state index contributed by atoms with van der Waals surface area (Å²) in [6, 6.07) is 7.28. The third-order valence-electron chi connectivity index (χ3n) is 2.44. The number of rotatable bonds is 2. The van der Waals surface area contributed by atoms with Crippen LogP contribution >= 0.6 is 0 Å². The first kappa shape index (κ1) is 10.4. The summed E-state index contributed by atoms with van der Waals surface area (Å²) in [7, 11) is 0. The van der Waals surface area contributed by atoms with Crippen molar-refractivity contribution in [2.75, 3.05) is 5.32 Å². The molecule has 1 amide bonds. The van der Waals surface area contributed by atoms with Crippen LogP contribution in [0.5, 0.6) is 0 Å². The van der Waals surface area contributed by atoms with Gasteiger partial charge in [-0.25, -0.2) is 0 Å². The Morgan fingerprint density at radius 1 is 1.25 bits per heavy atom. The molecule has 0 saturated heterocycles. The van der Waals surface area contributed by atoms with Gasteiger partial charge in [0.05, 0.1) is 0 Å². The number of anilines is 1. The first-order valence-corrected chi connectivity index (χ1v) is 4.96. The van der Waals surface area contributed by atoms with Crippen molar-refractivity contribution >= 4 is 11.6 Å². The van der Waals surface area contributed by atoms with Crippen LogP contribution in [0.4, 0.5) is 5.69 Å². The van der Waals surface area contributed by atoms with E-state index >= 15 is 0 Å². The van der Waals surface area contributed by atoms with Gasteiger partial charge in [0.1, 0.15) is 6.26 Å². The molecule has 0 aliphatic heterocycles. The molecule has 0 aliphatic rings. The first-order chi connectivity index (χ1) is 7.66. The fourth-order valence-corrected chi connectivity index (χ4v) is 1.34. The van der Waals surface area contributed by atoms with E-state index in [0.29, 0.717) is 0 Å². The Morgan fingerprint density at radius 3 is 2.69 bits per heavy atom. The SMILES string of the molecule is Cc1ccc(NC(=O)c2ccon2)cc1C. The van der Waals surface area contributed by atoms with E-state index in [2.05, 4.69) is 15.0 Å². The molecule has 16 heavy (non-hydrogen) atoms. The van der Waals surface area contributed by atoms with Gasteiger partial charge in [-0.15, -0.1) is 0 Å². The predicted octanol–water partition coefficient (Wildman–Crippen LogP) is 2.54. The Labute approximate surface area is 93.3 Å². The summed E-state index contributed by atoms with van der Waals surface area (Å²) >= 11 is 0. The van der Waals surface area contributed by atoms with Gasteiger partial charge in [-0.1, -0.05) is 11.2 Å². The van der Waals surface area contributed by atoms with Crippen molar-refractivity contribution in [1.29, 1.82) is 0 Å². The maximum Gasteiger partial charge on any atom is 0.277 e. The summed E-state index contributed by atoms with van der Waals surface area (Å²) in [5.74, 6) is -0.267. The second-order valence-corrected chi connectivity index (χ2v) is 3.64. The van der Waals surface area contributed by atoms with Gasteiger partial charge < -0.3 is 9.84 Å². The van der Waals surface area contributed by atoms with Crippen molar-refractivity contribution in [3.8, 4) is 0 Å². The average molecular weight is 216 g/mol. The number of carbonyl (C=O) groups is 1. The number of carbonyl (C=O) groups excluding carboxylic acids is 1. The van der Waals surface area contributed by atoms with Crippen LogP contribution in [0.2, 0.25) is 0 Å². The van der Waals surface area contributed by atoms with Gasteiger partial charge in [-0.2, -0.15) is 0 Å². The minimum atomic E-state index is -0.267. The summed E-state index contributed by atoms with van der Waals surface area (Å²) in [5.41, 5.74) is 3.37. The van der Waals surface area contributed by atoms with Gasteiger partial charge in [-0.05, 0) is 37.1 Å². The van der Waals surface area contributed by atoms with E-state index in [1.807, 2.05) is 32.0 Å². The zero-order valence-corrected chi connectivity index (χ0v) is 9.15. The zero-order chi connectivity index (χ0) is 11.5. The van der Waals surface area contributed by atoms with Crippen LogP contribution < -0.4 is 5.32 Å². The third kappa shape index (κ3) is 2.11. The molecule has 0 bridgehead atoms. The van der Waals surface area contributed by atoms with E-state index in [-0.39, 0.29) is 11.6 Å². The standard InChI is InChI=1S/C12H12N2O2/c1-8-3-4-10(7-9(8)2)13-12(15)11-5-6-16-14-11/h3-7H,1-2H3,(H,13,15). The summed E-state index contributed by atoms with van der Waals surface area (Å²) in [4.78, 5) is 11.6. The van der Waals surface area contributed by atoms with E-state index in [0.717, 1.165) is 11.3 Å². The number of nitrogens with one attached hydrogen (secondary N) is 1. The fourth-order valence-electron chi connectivity index (χ4n) is 1.34. The topological polar surface area (TPSA) is 55.1 Å². The Morgan fingerprint density at radius 2 is 2.06 bits per heavy atom.